The van der Waals surface area contributed by atoms with Crippen molar-refractivity contribution in [3.8, 4) is 11.3 Å². The lowest BCUT2D eigenvalue weighted by Crippen LogP contribution is -2.17. The predicted octanol–water partition coefficient (Wildman–Crippen LogP) is 2.24. The highest BCUT2D eigenvalue weighted by molar-refractivity contribution is 5.58. The van der Waals surface area contributed by atoms with E-state index in [1.165, 1.54) is 0 Å². The maximum Gasteiger partial charge on any atom is 0.0923 e. The second kappa shape index (κ2) is 4.77. The Hall–Kier alpha value is -1.87. The van der Waals surface area contributed by atoms with Crippen LogP contribution in [0.3, 0.4) is 0 Å². The first-order valence-corrected chi connectivity index (χ1v) is 5.28. The molecule has 0 amide bonds. The molecule has 0 spiro atoms. The highest BCUT2D eigenvalue weighted by Crippen LogP contribution is 2.17. The van der Waals surface area contributed by atoms with Gasteiger partial charge in [0.2, 0.25) is 0 Å². The molecule has 3 heteroatoms. The molecule has 1 atom stereocenters. The van der Waals surface area contributed by atoms with Crippen molar-refractivity contribution in [3.63, 3.8) is 0 Å². The number of nitrogens with zero attached hydrogens (tertiary/aromatic N) is 2. The standard InChI is InChI=1S/C13H15N3/c1-2-12(10-14)16-9-8-13(15-16)11-6-4-3-5-7-11/h2-9,12H,1,10,14H2. The lowest BCUT2D eigenvalue weighted by molar-refractivity contribution is 0.550. The third-order valence-electron chi connectivity index (χ3n) is 2.53. The van der Waals surface area contributed by atoms with Crippen molar-refractivity contribution in [2.75, 3.05) is 6.54 Å². The molecule has 2 rings (SSSR count). The normalized spacial score (nSPS) is 12.3. The molecule has 1 unspecified atom stereocenters. The fraction of sp³-hybridized carbons (Fsp3) is 0.154. The highest BCUT2D eigenvalue weighted by atomic mass is 15.3. The second-order valence-corrected chi connectivity index (χ2v) is 3.59. The number of hydrogen-bond acceptors (Lipinski definition) is 2. The first kappa shape index (κ1) is 10.6. The summed E-state index contributed by atoms with van der Waals surface area (Å²) in [7, 11) is 0. The minimum atomic E-state index is 0.0671. The molecule has 0 aliphatic rings. The molecule has 16 heavy (non-hydrogen) atoms. The first-order chi connectivity index (χ1) is 7.85. The van der Waals surface area contributed by atoms with E-state index in [0.717, 1.165) is 11.3 Å². The number of aromatic nitrogens is 2. The predicted molar refractivity (Wildman–Crippen MR) is 66.0 cm³/mol. The first-order valence-electron chi connectivity index (χ1n) is 5.28. The van der Waals surface area contributed by atoms with E-state index < -0.39 is 0 Å². The maximum atomic E-state index is 5.63. The number of nitrogens with two attached hydrogens (primary N) is 1. The summed E-state index contributed by atoms with van der Waals surface area (Å²) in [5.41, 5.74) is 7.70. The van der Waals surface area contributed by atoms with Crippen molar-refractivity contribution >= 4 is 0 Å². The van der Waals surface area contributed by atoms with Gasteiger partial charge in [-0.1, -0.05) is 36.4 Å². The molecule has 0 aliphatic carbocycles. The van der Waals surface area contributed by atoms with Crippen LogP contribution in [0.2, 0.25) is 0 Å². The molecule has 1 aromatic heterocycles. The summed E-state index contributed by atoms with van der Waals surface area (Å²) in [6.45, 7) is 4.26. The highest BCUT2D eigenvalue weighted by Gasteiger charge is 2.07. The molecule has 0 saturated carbocycles. The Labute approximate surface area is 95.2 Å². The van der Waals surface area contributed by atoms with Gasteiger partial charge in [0.15, 0.2) is 0 Å². The van der Waals surface area contributed by atoms with Crippen molar-refractivity contribution in [2.24, 2.45) is 5.73 Å². The van der Waals surface area contributed by atoms with Crippen LogP contribution in [0.4, 0.5) is 0 Å². The van der Waals surface area contributed by atoms with Gasteiger partial charge in [0, 0.05) is 18.3 Å². The van der Waals surface area contributed by atoms with Crippen molar-refractivity contribution in [2.45, 2.75) is 6.04 Å². The summed E-state index contributed by atoms with van der Waals surface area (Å²) in [6.07, 6.45) is 3.74. The van der Waals surface area contributed by atoms with Gasteiger partial charge < -0.3 is 5.73 Å². The average molecular weight is 213 g/mol. The fourth-order valence-electron chi connectivity index (χ4n) is 1.60. The van der Waals surface area contributed by atoms with Gasteiger partial charge in [-0.25, -0.2) is 0 Å². The van der Waals surface area contributed by atoms with Crippen molar-refractivity contribution in [1.29, 1.82) is 0 Å². The lowest BCUT2D eigenvalue weighted by Gasteiger charge is -2.09. The molecule has 1 heterocycles. The lowest BCUT2D eigenvalue weighted by atomic mass is 10.2. The van der Waals surface area contributed by atoms with Gasteiger partial charge in [-0.3, -0.25) is 4.68 Å². The summed E-state index contributed by atoms with van der Waals surface area (Å²) >= 11 is 0. The number of rotatable bonds is 4. The Balaban J connectivity index is 2.29. The SMILES string of the molecule is C=CC(CN)n1ccc(-c2ccccc2)n1. The minimum absolute atomic E-state index is 0.0671. The number of hydrogen-bond donors (Lipinski definition) is 1. The van der Waals surface area contributed by atoms with Gasteiger partial charge in [-0.05, 0) is 6.07 Å². The largest absolute Gasteiger partial charge is 0.328 e. The van der Waals surface area contributed by atoms with Crippen LogP contribution >= 0.6 is 0 Å². The van der Waals surface area contributed by atoms with Gasteiger partial charge in [-0.2, -0.15) is 5.10 Å². The van der Waals surface area contributed by atoms with Gasteiger partial charge >= 0.3 is 0 Å². The van der Waals surface area contributed by atoms with Crippen molar-refractivity contribution in [1.82, 2.24) is 9.78 Å². The summed E-state index contributed by atoms with van der Waals surface area (Å²) in [5, 5.41) is 4.49. The summed E-state index contributed by atoms with van der Waals surface area (Å²) in [4.78, 5) is 0. The second-order valence-electron chi connectivity index (χ2n) is 3.59. The molecule has 0 aliphatic heterocycles. The molecule has 2 N–H and O–H groups in total. The zero-order valence-electron chi connectivity index (χ0n) is 9.08. The Morgan fingerprint density at radius 1 is 1.31 bits per heavy atom. The molecule has 1 aromatic carbocycles. The Morgan fingerprint density at radius 3 is 2.69 bits per heavy atom. The Morgan fingerprint density at radius 2 is 2.06 bits per heavy atom. The van der Waals surface area contributed by atoms with Crippen LogP contribution in [0.15, 0.2) is 55.3 Å². The van der Waals surface area contributed by atoms with E-state index in [4.69, 9.17) is 5.73 Å². The van der Waals surface area contributed by atoms with Gasteiger partial charge in [-0.15, -0.1) is 6.58 Å². The van der Waals surface area contributed by atoms with Crippen LogP contribution in [0, 0.1) is 0 Å². The Kier molecular flexibility index (Phi) is 3.17. The van der Waals surface area contributed by atoms with E-state index in [9.17, 15) is 0 Å². The van der Waals surface area contributed by atoms with E-state index in [0.29, 0.717) is 6.54 Å². The van der Waals surface area contributed by atoms with Crippen LogP contribution in [-0.4, -0.2) is 16.3 Å². The molecular weight excluding hydrogens is 198 g/mol. The smallest absolute Gasteiger partial charge is 0.0923 e. The van der Waals surface area contributed by atoms with Crippen molar-refractivity contribution < 1.29 is 0 Å². The van der Waals surface area contributed by atoms with Gasteiger partial charge in [0.1, 0.15) is 0 Å². The van der Waals surface area contributed by atoms with E-state index in [2.05, 4.69) is 11.7 Å². The molecule has 2 aromatic rings. The molecule has 0 saturated heterocycles. The zero-order chi connectivity index (χ0) is 11.4. The topological polar surface area (TPSA) is 43.8 Å². The van der Waals surface area contributed by atoms with E-state index in [-0.39, 0.29) is 6.04 Å². The zero-order valence-corrected chi connectivity index (χ0v) is 9.08. The van der Waals surface area contributed by atoms with Crippen molar-refractivity contribution in [3.05, 3.63) is 55.3 Å². The van der Waals surface area contributed by atoms with Gasteiger partial charge in [0.25, 0.3) is 0 Å². The quantitative estimate of drug-likeness (QED) is 0.791. The van der Waals surface area contributed by atoms with Crippen LogP contribution in [-0.2, 0) is 0 Å². The molecule has 0 radical (unpaired) electrons. The summed E-state index contributed by atoms with van der Waals surface area (Å²) < 4.78 is 1.84. The maximum absolute atomic E-state index is 5.63. The Bertz CT molecular complexity index is 459. The summed E-state index contributed by atoms with van der Waals surface area (Å²) in [5.74, 6) is 0. The molecular formula is C13H15N3. The summed E-state index contributed by atoms with van der Waals surface area (Å²) in [6, 6.07) is 12.1. The monoisotopic (exact) mass is 213 g/mol. The fourth-order valence-corrected chi connectivity index (χ4v) is 1.60. The van der Waals surface area contributed by atoms with Crippen LogP contribution < -0.4 is 5.73 Å². The van der Waals surface area contributed by atoms with E-state index in [1.807, 2.05) is 53.4 Å². The molecule has 82 valence electrons. The van der Waals surface area contributed by atoms with Gasteiger partial charge in [0.05, 0.1) is 11.7 Å². The van der Waals surface area contributed by atoms with Crippen LogP contribution in [0.25, 0.3) is 11.3 Å². The third kappa shape index (κ3) is 2.04. The third-order valence-corrected chi connectivity index (χ3v) is 2.53. The van der Waals surface area contributed by atoms with Crippen LogP contribution in [0.5, 0.6) is 0 Å². The molecule has 3 nitrogen and oxygen atoms in total. The molecule has 0 fully saturated rings. The van der Waals surface area contributed by atoms with E-state index in [1.54, 1.807) is 0 Å². The van der Waals surface area contributed by atoms with E-state index >= 15 is 0 Å². The molecule has 0 bridgehead atoms. The average Bonchev–Trinajstić information content (AvgIpc) is 2.81. The minimum Gasteiger partial charge on any atom is -0.328 e. The van der Waals surface area contributed by atoms with Crippen LogP contribution in [0.1, 0.15) is 6.04 Å². The number of benzene rings is 1.